The second-order valence-corrected chi connectivity index (χ2v) is 6.58. The number of halogens is 3. The lowest BCUT2D eigenvalue weighted by Gasteiger charge is -2.31. The topological polar surface area (TPSA) is 15.3 Å². The zero-order valence-electron chi connectivity index (χ0n) is 14.3. The van der Waals surface area contributed by atoms with Crippen LogP contribution in [0.4, 0.5) is 8.78 Å². The predicted octanol–water partition coefficient (Wildman–Crippen LogP) is 4.53. The van der Waals surface area contributed by atoms with Crippen molar-refractivity contribution in [3.05, 3.63) is 71.3 Å². The summed E-state index contributed by atoms with van der Waals surface area (Å²) in [6.07, 6.45) is 3.62. The second kappa shape index (κ2) is 9.85. The molecule has 1 fully saturated rings. The van der Waals surface area contributed by atoms with Crippen LogP contribution in [0.15, 0.2) is 48.5 Å². The van der Waals surface area contributed by atoms with Gasteiger partial charge in [-0.2, -0.15) is 0 Å². The van der Waals surface area contributed by atoms with Gasteiger partial charge >= 0.3 is 0 Å². The summed E-state index contributed by atoms with van der Waals surface area (Å²) in [6, 6.07) is 13.9. The monoisotopic (exact) mass is 366 g/mol. The maximum Gasteiger partial charge on any atom is 0.123 e. The summed E-state index contributed by atoms with van der Waals surface area (Å²) in [4.78, 5) is 2.27. The minimum absolute atomic E-state index is 0. The Morgan fingerprint density at radius 1 is 0.920 bits per heavy atom. The fraction of sp³-hybridized carbons (Fsp3) is 0.400. The zero-order chi connectivity index (χ0) is 16.8. The van der Waals surface area contributed by atoms with Gasteiger partial charge in [0.1, 0.15) is 11.6 Å². The van der Waals surface area contributed by atoms with Crippen LogP contribution in [0.1, 0.15) is 30.4 Å². The molecule has 1 aliphatic rings. The van der Waals surface area contributed by atoms with Crippen molar-refractivity contribution in [2.75, 3.05) is 13.1 Å². The third kappa shape index (κ3) is 6.38. The van der Waals surface area contributed by atoms with E-state index in [4.69, 9.17) is 0 Å². The van der Waals surface area contributed by atoms with Crippen LogP contribution in [-0.2, 0) is 13.1 Å². The lowest BCUT2D eigenvalue weighted by atomic mass is 10.0. The Morgan fingerprint density at radius 3 is 2.00 bits per heavy atom. The number of piperidine rings is 1. The lowest BCUT2D eigenvalue weighted by molar-refractivity contribution is 0.209. The zero-order valence-corrected chi connectivity index (χ0v) is 15.1. The van der Waals surface area contributed by atoms with Crippen LogP contribution < -0.4 is 5.32 Å². The van der Waals surface area contributed by atoms with Crippen molar-refractivity contribution in [3.63, 3.8) is 0 Å². The van der Waals surface area contributed by atoms with Gasteiger partial charge in [-0.3, -0.25) is 4.90 Å². The highest BCUT2D eigenvalue weighted by Gasteiger charge is 2.17. The number of hydrogen-bond acceptors (Lipinski definition) is 2. The molecule has 1 heterocycles. The standard InChI is InChI=1S/C20H24F2N2.ClH/c21-18-7-3-5-16(11-18)13-24(15-20-9-1-2-10-23-20)14-17-6-4-8-19(22)12-17;/h3-8,11-12,20,23H,1-2,9-10,13-15H2;1H. The van der Waals surface area contributed by atoms with E-state index in [1.807, 2.05) is 12.1 Å². The minimum Gasteiger partial charge on any atom is -0.313 e. The van der Waals surface area contributed by atoms with Gasteiger partial charge in [-0.15, -0.1) is 12.4 Å². The summed E-state index contributed by atoms with van der Waals surface area (Å²) < 4.78 is 27.0. The molecule has 0 bridgehead atoms. The smallest absolute Gasteiger partial charge is 0.123 e. The average molecular weight is 367 g/mol. The van der Waals surface area contributed by atoms with E-state index in [2.05, 4.69) is 10.2 Å². The van der Waals surface area contributed by atoms with Gasteiger partial charge in [0.15, 0.2) is 0 Å². The Hall–Kier alpha value is -1.49. The van der Waals surface area contributed by atoms with E-state index in [1.165, 1.54) is 25.0 Å². The average Bonchev–Trinajstić information content (AvgIpc) is 2.56. The third-order valence-corrected chi connectivity index (χ3v) is 4.48. The summed E-state index contributed by atoms with van der Waals surface area (Å²) in [6.45, 7) is 3.25. The molecule has 1 unspecified atom stereocenters. The van der Waals surface area contributed by atoms with Crippen LogP contribution in [0.3, 0.4) is 0 Å². The molecule has 0 aliphatic carbocycles. The molecular weight excluding hydrogens is 342 g/mol. The molecule has 3 rings (SSSR count). The number of hydrogen-bond donors (Lipinski definition) is 1. The molecule has 1 saturated heterocycles. The highest BCUT2D eigenvalue weighted by atomic mass is 35.5. The number of nitrogens with one attached hydrogen (secondary N) is 1. The summed E-state index contributed by atoms with van der Waals surface area (Å²) >= 11 is 0. The van der Waals surface area contributed by atoms with Crippen molar-refractivity contribution in [1.29, 1.82) is 0 Å². The summed E-state index contributed by atoms with van der Waals surface area (Å²) in [7, 11) is 0. The SMILES string of the molecule is Cl.Fc1cccc(CN(Cc2cccc(F)c2)CC2CCCCN2)c1. The van der Waals surface area contributed by atoms with E-state index in [0.717, 1.165) is 30.6 Å². The minimum atomic E-state index is -0.214. The highest BCUT2D eigenvalue weighted by molar-refractivity contribution is 5.85. The van der Waals surface area contributed by atoms with Crippen LogP contribution in [-0.4, -0.2) is 24.0 Å². The Labute approximate surface area is 154 Å². The van der Waals surface area contributed by atoms with Crippen molar-refractivity contribution in [2.24, 2.45) is 0 Å². The van der Waals surface area contributed by atoms with Crippen molar-refractivity contribution in [2.45, 2.75) is 38.4 Å². The lowest BCUT2D eigenvalue weighted by Crippen LogP contribution is -2.43. The summed E-state index contributed by atoms with van der Waals surface area (Å²) in [5.74, 6) is -0.428. The molecule has 2 aromatic rings. The normalized spacial score (nSPS) is 17.3. The van der Waals surface area contributed by atoms with E-state index < -0.39 is 0 Å². The van der Waals surface area contributed by atoms with Gasteiger partial charge in [-0.05, 0) is 54.8 Å². The molecule has 0 radical (unpaired) electrons. The van der Waals surface area contributed by atoms with E-state index in [9.17, 15) is 8.78 Å². The van der Waals surface area contributed by atoms with Crippen LogP contribution in [0.25, 0.3) is 0 Å². The third-order valence-electron chi connectivity index (χ3n) is 4.48. The molecule has 0 spiro atoms. The number of rotatable bonds is 6. The van der Waals surface area contributed by atoms with E-state index in [-0.39, 0.29) is 24.0 Å². The number of nitrogens with zero attached hydrogens (tertiary/aromatic N) is 1. The van der Waals surface area contributed by atoms with Crippen LogP contribution in [0.5, 0.6) is 0 Å². The van der Waals surface area contributed by atoms with Gasteiger partial charge < -0.3 is 5.32 Å². The van der Waals surface area contributed by atoms with Gasteiger partial charge in [-0.1, -0.05) is 30.7 Å². The molecule has 1 aliphatic heterocycles. The maximum atomic E-state index is 13.5. The van der Waals surface area contributed by atoms with Gasteiger partial charge in [0, 0.05) is 25.7 Å². The molecule has 0 aromatic heterocycles. The molecule has 5 heteroatoms. The Kier molecular flexibility index (Phi) is 7.82. The van der Waals surface area contributed by atoms with Crippen LogP contribution in [0.2, 0.25) is 0 Å². The highest BCUT2D eigenvalue weighted by Crippen LogP contribution is 2.15. The molecule has 2 nitrogen and oxygen atoms in total. The Morgan fingerprint density at radius 2 is 1.52 bits per heavy atom. The van der Waals surface area contributed by atoms with Gasteiger partial charge in [0.25, 0.3) is 0 Å². The molecule has 0 amide bonds. The Balaban J connectivity index is 0.00000225. The first kappa shape index (κ1) is 19.8. The predicted molar refractivity (Wildman–Crippen MR) is 99.8 cm³/mol. The number of benzene rings is 2. The fourth-order valence-corrected chi connectivity index (χ4v) is 3.36. The quantitative estimate of drug-likeness (QED) is 0.808. The first-order valence-corrected chi connectivity index (χ1v) is 8.64. The second-order valence-electron chi connectivity index (χ2n) is 6.58. The van der Waals surface area contributed by atoms with Crippen molar-refractivity contribution >= 4 is 12.4 Å². The molecule has 1 N–H and O–H groups in total. The molecule has 0 saturated carbocycles. The van der Waals surface area contributed by atoms with E-state index in [1.54, 1.807) is 24.3 Å². The maximum absolute atomic E-state index is 13.5. The molecule has 2 aromatic carbocycles. The van der Waals surface area contributed by atoms with Crippen LogP contribution >= 0.6 is 12.4 Å². The van der Waals surface area contributed by atoms with E-state index in [0.29, 0.717) is 19.1 Å². The van der Waals surface area contributed by atoms with Gasteiger partial charge in [0.05, 0.1) is 0 Å². The van der Waals surface area contributed by atoms with Crippen molar-refractivity contribution in [1.82, 2.24) is 10.2 Å². The van der Waals surface area contributed by atoms with Crippen LogP contribution in [0, 0.1) is 11.6 Å². The molecular formula is C20H25ClF2N2. The molecule has 136 valence electrons. The summed E-state index contributed by atoms with van der Waals surface area (Å²) in [5, 5.41) is 3.55. The fourth-order valence-electron chi connectivity index (χ4n) is 3.36. The Bertz CT molecular complexity index is 612. The molecule has 25 heavy (non-hydrogen) atoms. The van der Waals surface area contributed by atoms with Crippen molar-refractivity contribution in [3.8, 4) is 0 Å². The molecule has 1 atom stereocenters. The van der Waals surface area contributed by atoms with Crippen molar-refractivity contribution < 1.29 is 8.78 Å². The van der Waals surface area contributed by atoms with Gasteiger partial charge in [0.2, 0.25) is 0 Å². The van der Waals surface area contributed by atoms with Gasteiger partial charge in [-0.25, -0.2) is 8.78 Å². The first-order chi connectivity index (χ1) is 11.7. The van der Waals surface area contributed by atoms with E-state index >= 15 is 0 Å². The first-order valence-electron chi connectivity index (χ1n) is 8.64. The largest absolute Gasteiger partial charge is 0.313 e. The summed E-state index contributed by atoms with van der Waals surface area (Å²) in [5.41, 5.74) is 1.89.